The Morgan fingerprint density at radius 3 is 2.70 bits per heavy atom. The van der Waals surface area contributed by atoms with Crippen LogP contribution in [-0.2, 0) is 11.2 Å². The summed E-state index contributed by atoms with van der Waals surface area (Å²) in [7, 11) is 0. The number of ether oxygens (including phenoxy) is 1. The van der Waals surface area contributed by atoms with Gasteiger partial charge in [0.05, 0.1) is 6.10 Å². The van der Waals surface area contributed by atoms with Gasteiger partial charge in [-0.2, -0.15) is 0 Å². The Hall–Kier alpha value is -0.640. The molecule has 2 nitrogen and oxygen atoms in total. The van der Waals surface area contributed by atoms with E-state index in [1.54, 1.807) is 12.1 Å². The van der Waals surface area contributed by atoms with Crippen LogP contribution in [0.3, 0.4) is 0 Å². The van der Waals surface area contributed by atoms with Gasteiger partial charge in [-0.05, 0) is 56.3 Å². The van der Waals surface area contributed by atoms with Gasteiger partial charge in [0.15, 0.2) is 0 Å². The molecule has 20 heavy (non-hydrogen) atoms. The van der Waals surface area contributed by atoms with Crippen LogP contribution in [0.15, 0.2) is 18.2 Å². The van der Waals surface area contributed by atoms with Gasteiger partial charge in [0.2, 0.25) is 0 Å². The third kappa shape index (κ3) is 4.18. The van der Waals surface area contributed by atoms with Gasteiger partial charge in [-0.25, -0.2) is 4.39 Å². The van der Waals surface area contributed by atoms with E-state index >= 15 is 0 Å². The lowest BCUT2D eigenvalue weighted by Crippen LogP contribution is -2.44. The predicted octanol–water partition coefficient (Wildman–Crippen LogP) is 3.81. The molecule has 1 aliphatic carbocycles. The predicted molar refractivity (Wildman–Crippen MR) is 80.7 cm³/mol. The maximum absolute atomic E-state index is 14.0. The van der Waals surface area contributed by atoms with Crippen LogP contribution in [0.2, 0.25) is 5.02 Å². The first-order valence-electron chi connectivity index (χ1n) is 7.44. The van der Waals surface area contributed by atoms with E-state index in [1.165, 1.54) is 18.9 Å². The van der Waals surface area contributed by atoms with Crippen molar-refractivity contribution in [1.29, 1.82) is 0 Å². The first-order chi connectivity index (χ1) is 9.65. The molecule has 1 aliphatic rings. The Kier molecular flexibility index (Phi) is 5.82. The Labute approximate surface area is 125 Å². The summed E-state index contributed by atoms with van der Waals surface area (Å²) < 4.78 is 19.9. The Morgan fingerprint density at radius 1 is 1.40 bits per heavy atom. The molecule has 1 saturated carbocycles. The van der Waals surface area contributed by atoms with Gasteiger partial charge in [0.1, 0.15) is 5.82 Å². The second-order valence-corrected chi connectivity index (χ2v) is 5.80. The minimum absolute atomic E-state index is 0.156. The fraction of sp³-hybridized carbons (Fsp3) is 0.625. The average molecular weight is 300 g/mol. The molecule has 0 spiro atoms. The van der Waals surface area contributed by atoms with Gasteiger partial charge < -0.3 is 10.1 Å². The molecule has 1 aromatic rings. The van der Waals surface area contributed by atoms with Crippen molar-refractivity contribution < 1.29 is 9.13 Å². The lowest BCUT2D eigenvalue weighted by molar-refractivity contribution is 0.0194. The Balaban J connectivity index is 2.10. The van der Waals surface area contributed by atoms with Gasteiger partial charge in [0, 0.05) is 17.7 Å². The molecule has 0 heterocycles. The van der Waals surface area contributed by atoms with E-state index < -0.39 is 0 Å². The van der Waals surface area contributed by atoms with Crippen molar-refractivity contribution in [1.82, 2.24) is 5.32 Å². The highest BCUT2D eigenvalue weighted by Crippen LogP contribution is 2.36. The van der Waals surface area contributed by atoms with Gasteiger partial charge in [-0.3, -0.25) is 0 Å². The first kappa shape index (κ1) is 15.7. The quantitative estimate of drug-likeness (QED) is 0.788. The van der Waals surface area contributed by atoms with E-state index in [0.717, 1.165) is 6.54 Å². The molecule has 4 heteroatoms. The summed E-state index contributed by atoms with van der Waals surface area (Å²) in [6.07, 6.45) is 3.25. The highest BCUT2D eigenvalue weighted by atomic mass is 35.5. The number of rotatable bonds is 8. The summed E-state index contributed by atoms with van der Waals surface area (Å²) in [6.45, 7) is 5.64. The smallest absolute Gasteiger partial charge is 0.127 e. The third-order valence-corrected chi connectivity index (χ3v) is 4.00. The molecule has 0 bridgehead atoms. The highest BCUT2D eigenvalue weighted by Gasteiger charge is 2.37. The molecule has 2 atom stereocenters. The maximum Gasteiger partial charge on any atom is 0.127 e. The monoisotopic (exact) mass is 299 g/mol. The van der Waals surface area contributed by atoms with E-state index in [0.29, 0.717) is 29.5 Å². The summed E-state index contributed by atoms with van der Waals surface area (Å²) in [5, 5.41) is 3.89. The first-order valence-corrected chi connectivity index (χ1v) is 7.82. The van der Waals surface area contributed by atoms with Crippen LogP contribution in [0.25, 0.3) is 0 Å². The van der Waals surface area contributed by atoms with Crippen molar-refractivity contribution in [3.05, 3.63) is 34.6 Å². The molecular formula is C16H23ClFNO. The van der Waals surface area contributed by atoms with Gasteiger partial charge in [0.25, 0.3) is 0 Å². The lowest BCUT2D eigenvalue weighted by Gasteiger charge is -2.28. The molecular weight excluding hydrogens is 277 g/mol. The molecule has 112 valence electrons. The van der Waals surface area contributed by atoms with Crippen LogP contribution in [0.1, 0.15) is 32.3 Å². The van der Waals surface area contributed by atoms with Gasteiger partial charge in [-0.15, -0.1) is 0 Å². The molecule has 0 amide bonds. The zero-order chi connectivity index (χ0) is 14.5. The second kappa shape index (κ2) is 7.39. The average Bonchev–Trinajstić information content (AvgIpc) is 3.23. The Morgan fingerprint density at radius 2 is 2.15 bits per heavy atom. The van der Waals surface area contributed by atoms with Crippen LogP contribution >= 0.6 is 11.6 Å². The number of halogens is 2. The number of likely N-dealkylation sites (N-methyl/N-ethyl adjacent to an activating group) is 1. The highest BCUT2D eigenvalue weighted by molar-refractivity contribution is 6.30. The second-order valence-electron chi connectivity index (χ2n) is 5.36. The minimum atomic E-state index is -0.230. The summed E-state index contributed by atoms with van der Waals surface area (Å²) in [5.41, 5.74) is 0.700. The Bertz CT molecular complexity index is 436. The fourth-order valence-corrected chi connectivity index (χ4v) is 2.85. The molecule has 2 rings (SSSR count). The van der Waals surface area contributed by atoms with Crippen molar-refractivity contribution in [3.8, 4) is 0 Å². The summed E-state index contributed by atoms with van der Waals surface area (Å²) in [5.74, 6) is 0.390. The molecule has 0 aromatic heterocycles. The molecule has 0 radical (unpaired) electrons. The van der Waals surface area contributed by atoms with Gasteiger partial charge >= 0.3 is 0 Å². The van der Waals surface area contributed by atoms with E-state index in [9.17, 15) is 4.39 Å². The van der Waals surface area contributed by atoms with E-state index in [-0.39, 0.29) is 18.0 Å². The topological polar surface area (TPSA) is 21.3 Å². The van der Waals surface area contributed by atoms with Crippen molar-refractivity contribution in [2.45, 2.75) is 45.3 Å². The van der Waals surface area contributed by atoms with Crippen LogP contribution in [0, 0.1) is 11.7 Å². The number of benzene rings is 1. The van der Waals surface area contributed by atoms with Crippen molar-refractivity contribution >= 4 is 11.6 Å². The van der Waals surface area contributed by atoms with E-state index in [2.05, 4.69) is 12.2 Å². The zero-order valence-electron chi connectivity index (χ0n) is 12.2. The van der Waals surface area contributed by atoms with Crippen molar-refractivity contribution in [2.24, 2.45) is 5.92 Å². The van der Waals surface area contributed by atoms with Crippen molar-refractivity contribution in [3.63, 3.8) is 0 Å². The number of nitrogens with one attached hydrogen (secondary N) is 1. The molecule has 1 fully saturated rings. The standard InChI is InChI=1S/C16H23ClFNO/c1-3-19-15(16(20-4-2)11-5-6-11)9-12-7-8-13(17)10-14(12)18/h7-8,10-11,15-16,19H,3-6,9H2,1-2H3. The van der Waals surface area contributed by atoms with Crippen LogP contribution in [-0.4, -0.2) is 25.3 Å². The van der Waals surface area contributed by atoms with E-state index in [4.69, 9.17) is 16.3 Å². The van der Waals surface area contributed by atoms with Gasteiger partial charge in [-0.1, -0.05) is 24.6 Å². The van der Waals surface area contributed by atoms with Crippen LogP contribution < -0.4 is 5.32 Å². The zero-order valence-corrected chi connectivity index (χ0v) is 12.9. The summed E-state index contributed by atoms with van der Waals surface area (Å²) in [4.78, 5) is 0. The number of hydrogen-bond donors (Lipinski definition) is 1. The lowest BCUT2D eigenvalue weighted by atomic mass is 9.97. The molecule has 1 N–H and O–H groups in total. The minimum Gasteiger partial charge on any atom is -0.377 e. The summed E-state index contributed by atoms with van der Waals surface area (Å²) in [6, 6.07) is 5.06. The molecule has 0 aliphatic heterocycles. The molecule has 2 unspecified atom stereocenters. The normalized spacial score (nSPS) is 18.0. The van der Waals surface area contributed by atoms with E-state index in [1.807, 2.05) is 6.92 Å². The number of hydrogen-bond acceptors (Lipinski definition) is 2. The molecule has 0 saturated heterocycles. The third-order valence-electron chi connectivity index (χ3n) is 3.76. The summed E-state index contributed by atoms with van der Waals surface area (Å²) >= 11 is 5.81. The van der Waals surface area contributed by atoms with Crippen LogP contribution in [0.4, 0.5) is 4.39 Å². The fourth-order valence-electron chi connectivity index (χ4n) is 2.69. The maximum atomic E-state index is 14.0. The van der Waals surface area contributed by atoms with Crippen LogP contribution in [0.5, 0.6) is 0 Å². The molecule has 1 aromatic carbocycles. The SMILES string of the molecule is CCNC(Cc1ccc(Cl)cc1F)C(OCC)C1CC1. The van der Waals surface area contributed by atoms with Crippen molar-refractivity contribution in [2.75, 3.05) is 13.2 Å². The largest absolute Gasteiger partial charge is 0.377 e.